The molecule has 2 aromatic heterocycles. The summed E-state index contributed by atoms with van der Waals surface area (Å²) < 4.78 is 6.05. The van der Waals surface area contributed by atoms with Gasteiger partial charge in [-0.1, -0.05) is 38.1 Å². The number of ketones is 1. The Morgan fingerprint density at radius 2 is 1.97 bits per heavy atom. The summed E-state index contributed by atoms with van der Waals surface area (Å²) in [5.41, 5.74) is 5.46. The van der Waals surface area contributed by atoms with Crippen molar-refractivity contribution in [2.24, 2.45) is 5.41 Å². The zero-order valence-corrected chi connectivity index (χ0v) is 17.9. The van der Waals surface area contributed by atoms with Gasteiger partial charge >= 0.3 is 0 Å². The highest BCUT2D eigenvalue weighted by atomic mass is 16.5. The second kappa shape index (κ2) is 6.82. The number of hydrogen-bond donors (Lipinski definition) is 3. The molecule has 1 aliphatic carbocycles. The predicted molar refractivity (Wildman–Crippen MR) is 122 cm³/mol. The van der Waals surface area contributed by atoms with E-state index in [1.165, 1.54) is 0 Å². The van der Waals surface area contributed by atoms with Crippen LogP contribution in [0.2, 0.25) is 0 Å². The number of fused-ring (bicyclic) bond motifs is 2. The number of rotatable bonds is 3. The summed E-state index contributed by atoms with van der Waals surface area (Å²) in [5.74, 6) is 1.44. The topological polar surface area (TPSA) is 95.7 Å². The molecule has 4 aromatic rings. The van der Waals surface area contributed by atoms with Crippen LogP contribution in [0.3, 0.4) is 0 Å². The molecule has 6 rings (SSSR count). The first kappa shape index (κ1) is 18.9. The lowest BCUT2D eigenvalue weighted by atomic mass is 9.69. The maximum atomic E-state index is 13.3. The molecule has 0 bridgehead atoms. The van der Waals surface area contributed by atoms with Crippen LogP contribution in [0.4, 0.5) is 5.82 Å². The van der Waals surface area contributed by atoms with Crippen LogP contribution in [0.15, 0.2) is 66.0 Å². The Bertz CT molecular complexity index is 1360. The quantitative estimate of drug-likeness (QED) is 0.415. The van der Waals surface area contributed by atoms with E-state index in [0.29, 0.717) is 18.2 Å². The van der Waals surface area contributed by atoms with E-state index in [-0.39, 0.29) is 17.1 Å². The number of carbonyl (C=O) groups excluding carboxylic acids is 1. The fourth-order valence-electron chi connectivity index (χ4n) is 4.89. The van der Waals surface area contributed by atoms with Crippen LogP contribution in [0.5, 0.6) is 11.8 Å². The summed E-state index contributed by atoms with van der Waals surface area (Å²) in [5, 5.41) is 10.7. The predicted octanol–water partition coefficient (Wildman–Crippen LogP) is 5.28. The minimum Gasteiger partial charge on any atom is -0.426 e. The molecule has 7 nitrogen and oxygen atoms in total. The van der Waals surface area contributed by atoms with E-state index in [4.69, 9.17) is 4.74 Å². The lowest BCUT2D eigenvalue weighted by Crippen LogP contribution is -2.33. The monoisotopic (exact) mass is 425 g/mol. The van der Waals surface area contributed by atoms with Crippen molar-refractivity contribution in [3.8, 4) is 11.8 Å². The van der Waals surface area contributed by atoms with Gasteiger partial charge in [0.1, 0.15) is 5.75 Å². The highest BCUT2D eigenvalue weighted by molar-refractivity contribution is 6.01. The standard InChI is InChI=1S/C25H23N5O2/c1-25(2)11-19-22(20(31)12-25)21(16-13-26-30-23(16)27-19)14-6-5-7-15(10-14)32-24-28-17-8-3-4-9-18(17)29-24/h3-10,13,21H,11-12H2,1-2H3,(H,28,29)(H2,26,27,30). The third kappa shape index (κ3) is 3.09. The molecule has 7 heteroatoms. The first-order valence-electron chi connectivity index (χ1n) is 10.8. The first-order valence-corrected chi connectivity index (χ1v) is 10.8. The number of para-hydroxylation sites is 2. The number of aromatic nitrogens is 4. The van der Waals surface area contributed by atoms with Gasteiger partial charge in [0, 0.05) is 35.4 Å². The smallest absolute Gasteiger partial charge is 0.300 e. The van der Waals surface area contributed by atoms with Crippen molar-refractivity contribution >= 4 is 22.6 Å². The largest absolute Gasteiger partial charge is 0.426 e. The third-order valence-electron chi connectivity index (χ3n) is 6.23. The van der Waals surface area contributed by atoms with E-state index < -0.39 is 0 Å². The average Bonchev–Trinajstić information content (AvgIpc) is 3.37. The van der Waals surface area contributed by atoms with E-state index >= 15 is 0 Å². The summed E-state index contributed by atoms with van der Waals surface area (Å²) >= 11 is 0. The Balaban J connectivity index is 1.41. The maximum absolute atomic E-state index is 13.3. The van der Waals surface area contributed by atoms with Gasteiger partial charge in [0.25, 0.3) is 6.01 Å². The Kier molecular flexibility index (Phi) is 4.02. The molecule has 1 aliphatic heterocycles. The number of benzene rings is 2. The number of hydrogen-bond acceptors (Lipinski definition) is 5. The fourth-order valence-corrected chi connectivity index (χ4v) is 4.89. The summed E-state index contributed by atoms with van der Waals surface area (Å²) in [6.45, 7) is 4.26. The molecule has 160 valence electrons. The molecule has 0 saturated carbocycles. The van der Waals surface area contributed by atoms with Crippen molar-refractivity contribution in [3.63, 3.8) is 0 Å². The fraction of sp³-hybridized carbons (Fsp3) is 0.240. The van der Waals surface area contributed by atoms with E-state index in [2.05, 4.69) is 39.3 Å². The Hall–Kier alpha value is -3.87. The highest BCUT2D eigenvalue weighted by Crippen LogP contribution is 2.48. The molecule has 3 heterocycles. The average molecular weight is 425 g/mol. The lowest BCUT2D eigenvalue weighted by molar-refractivity contribution is -0.118. The molecule has 3 N–H and O–H groups in total. The Labute approximate surface area is 184 Å². The number of imidazole rings is 1. The van der Waals surface area contributed by atoms with Crippen molar-refractivity contribution in [2.75, 3.05) is 5.32 Å². The van der Waals surface area contributed by atoms with Crippen LogP contribution in [0.1, 0.15) is 43.7 Å². The molecule has 0 spiro atoms. The summed E-state index contributed by atoms with van der Waals surface area (Å²) in [7, 11) is 0. The van der Waals surface area contributed by atoms with Gasteiger partial charge in [0.05, 0.1) is 11.0 Å². The zero-order chi connectivity index (χ0) is 21.9. The third-order valence-corrected chi connectivity index (χ3v) is 6.23. The number of Topliss-reactive ketones (excluding diaryl/α,β-unsaturated/α-hetero) is 1. The molecular weight excluding hydrogens is 402 g/mol. The summed E-state index contributed by atoms with van der Waals surface area (Å²) in [6, 6.07) is 16.1. The van der Waals surface area contributed by atoms with Crippen LogP contribution in [0, 0.1) is 5.41 Å². The number of aromatic amines is 2. The summed E-state index contributed by atoms with van der Waals surface area (Å²) in [6.07, 6.45) is 3.22. The maximum Gasteiger partial charge on any atom is 0.300 e. The van der Waals surface area contributed by atoms with Gasteiger partial charge in [-0.3, -0.25) is 9.89 Å². The van der Waals surface area contributed by atoms with Crippen LogP contribution in [-0.4, -0.2) is 25.9 Å². The Morgan fingerprint density at radius 1 is 1.09 bits per heavy atom. The molecular formula is C25H23N5O2. The van der Waals surface area contributed by atoms with Crippen molar-refractivity contribution in [3.05, 3.63) is 77.1 Å². The minimum absolute atomic E-state index is 0.0759. The molecule has 1 unspecified atom stereocenters. The van der Waals surface area contributed by atoms with Gasteiger partial charge in [-0.15, -0.1) is 0 Å². The Morgan fingerprint density at radius 3 is 2.84 bits per heavy atom. The van der Waals surface area contributed by atoms with Crippen LogP contribution in [0.25, 0.3) is 11.0 Å². The number of nitrogens with one attached hydrogen (secondary N) is 3. The number of ether oxygens (including phenoxy) is 1. The van der Waals surface area contributed by atoms with Crippen molar-refractivity contribution < 1.29 is 9.53 Å². The van der Waals surface area contributed by atoms with Crippen molar-refractivity contribution in [1.82, 2.24) is 20.2 Å². The minimum atomic E-state index is -0.192. The van der Waals surface area contributed by atoms with Gasteiger partial charge in [-0.25, -0.2) is 0 Å². The number of carbonyl (C=O) groups is 1. The van der Waals surface area contributed by atoms with E-state index in [1.807, 2.05) is 54.7 Å². The van der Waals surface area contributed by atoms with E-state index in [0.717, 1.165) is 45.7 Å². The second-order valence-corrected chi connectivity index (χ2v) is 9.31. The van der Waals surface area contributed by atoms with Crippen molar-refractivity contribution in [1.29, 1.82) is 0 Å². The molecule has 1 atom stereocenters. The molecule has 0 amide bonds. The SMILES string of the molecule is CC1(C)CC(=O)C2=C(C1)Nc1n[nH]cc1C2c1cccc(Oc2nc3ccccc3[nH]2)c1. The number of nitrogens with zero attached hydrogens (tertiary/aromatic N) is 2. The van der Waals surface area contributed by atoms with Gasteiger partial charge in [-0.05, 0) is 41.7 Å². The molecule has 2 aromatic carbocycles. The molecule has 0 fully saturated rings. The first-order chi connectivity index (χ1) is 15.5. The number of allylic oxidation sites excluding steroid dienone is 2. The molecule has 2 aliphatic rings. The molecule has 32 heavy (non-hydrogen) atoms. The van der Waals surface area contributed by atoms with Gasteiger partial charge in [-0.2, -0.15) is 10.1 Å². The molecule has 0 saturated heterocycles. The number of H-pyrrole nitrogens is 2. The number of anilines is 1. The van der Waals surface area contributed by atoms with Gasteiger partial charge in [0.15, 0.2) is 11.6 Å². The molecule has 0 radical (unpaired) electrons. The van der Waals surface area contributed by atoms with Gasteiger partial charge in [0.2, 0.25) is 0 Å². The summed E-state index contributed by atoms with van der Waals surface area (Å²) in [4.78, 5) is 21.0. The normalized spacial score (nSPS) is 19.4. The second-order valence-electron chi connectivity index (χ2n) is 9.31. The zero-order valence-electron chi connectivity index (χ0n) is 17.9. The highest BCUT2D eigenvalue weighted by Gasteiger charge is 2.41. The van der Waals surface area contributed by atoms with Crippen molar-refractivity contribution in [2.45, 2.75) is 32.6 Å². The van der Waals surface area contributed by atoms with E-state index in [1.54, 1.807) is 0 Å². The van der Waals surface area contributed by atoms with Crippen LogP contribution >= 0.6 is 0 Å². The van der Waals surface area contributed by atoms with Crippen LogP contribution in [-0.2, 0) is 4.79 Å². The van der Waals surface area contributed by atoms with E-state index in [9.17, 15) is 4.79 Å². The van der Waals surface area contributed by atoms with Gasteiger partial charge < -0.3 is 15.0 Å². The lowest BCUT2D eigenvalue weighted by Gasteiger charge is -2.38. The van der Waals surface area contributed by atoms with Crippen LogP contribution < -0.4 is 10.1 Å².